The number of carbonyl (C=O) groups is 1. The fourth-order valence-corrected chi connectivity index (χ4v) is 0.703. The minimum absolute atomic E-state index is 0.333. The summed E-state index contributed by atoms with van der Waals surface area (Å²) < 4.78 is 0. The molecule has 0 heterocycles. The highest BCUT2D eigenvalue weighted by molar-refractivity contribution is 5.66. The molecule has 0 aliphatic heterocycles. The summed E-state index contributed by atoms with van der Waals surface area (Å²) in [5.41, 5.74) is 0. The maximum Gasteiger partial charge on any atom is 0.303 e. The summed E-state index contributed by atoms with van der Waals surface area (Å²) in [4.78, 5) is 9.96. The lowest BCUT2D eigenvalue weighted by Crippen LogP contribution is -1.92. The third-order valence-corrected chi connectivity index (χ3v) is 1.24. The Balaban J connectivity index is 0. The quantitative estimate of drug-likeness (QED) is 0.626. The van der Waals surface area contributed by atoms with E-state index < -0.39 is 5.97 Å². The van der Waals surface area contributed by atoms with Crippen LogP contribution in [0.5, 0.6) is 0 Å². The fourth-order valence-electron chi connectivity index (χ4n) is 0.703. The Morgan fingerprint density at radius 3 is 2.18 bits per heavy atom. The van der Waals surface area contributed by atoms with Crippen molar-refractivity contribution in [2.24, 2.45) is 0 Å². The molecule has 0 aromatic heterocycles. The number of carboxylic acid groups (broad SMARTS) is 1. The molecular weight excluding hydrogens is 140 g/mol. The molecule has 0 atom stereocenters. The third kappa shape index (κ3) is 17.7. The van der Waals surface area contributed by atoms with Crippen molar-refractivity contribution >= 4 is 5.97 Å². The molecule has 2 heteroatoms. The lowest BCUT2D eigenvalue weighted by atomic mass is 10.2. The molecular formula is C9H19O2. The molecule has 11 heavy (non-hydrogen) atoms. The fraction of sp³-hybridized carbons (Fsp3) is 0.778. The van der Waals surface area contributed by atoms with Crippen molar-refractivity contribution in [1.29, 1.82) is 0 Å². The molecule has 1 radical (unpaired) electrons. The van der Waals surface area contributed by atoms with Gasteiger partial charge in [-0.25, -0.2) is 0 Å². The molecule has 0 saturated heterocycles. The Hall–Kier alpha value is -0.530. The highest BCUT2D eigenvalue weighted by atomic mass is 16.4. The first-order chi connectivity index (χ1) is 5.27. The summed E-state index contributed by atoms with van der Waals surface area (Å²) in [6, 6.07) is 0. The van der Waals surface area contributed by atoms with E-state index in [2.05, 4.69) is 13.8 Å². The van der Waals surface area contributed by atoms with Crippen LogP contribution < -0.4 is 0 Å². The van der Waals surface area contributed by atoms with E-state index in [1.807, 2.05) is 0 Å². The topological polar surface area (TPSA) is 37.3 Å². The van der Waals surface area contributed by atoms with E-state index in [0.717, 1.165) is 19.3 Å². The third-order valence-electron chi connectivity index (χ3n) is 1.24. The normalized spacial score (nSPS) is 8.27. The summed E-state index contributed by atoms with van der Waals surface area (Å²) >= 11 is 0. The van der Waals surface area contributed by atoms with Gasteiger partial charge in [0.15, 0.2) is 0 Å². The highest BCUT2D eigenvalue weighted by Gasteiger charge is 1.93. The first-order valence-electron chi connectivity index (χ1n) is 4.20. The largest absolute Gasteiger partial charge is 0.481 e. The minimum Gasteiger partial charge on any atom is -0.481 e. The van der Waals surface area contributed by atoms with Crippen LogP contribution in [0.25, 0.3) is 0 Å². The van der Waals surface area contributed by atoms with Gasteiger partial charge in [-0.1, -0.05) is 40.0 Å². The number of rotatable bonds is 5. The van der Waals surface area contributed by atoms with Crippen molar-refractivity contribution in [2.45, 2.75) is 46.0 Å². The second-order valence-electron chi connectivity index (χ2n) is 2.20. The molecule has 0 aliphatic carbocycles. The zero-order valence-electron chi connectivity index (χ0n) is 7.60. The van der Waals surface area contributed by atoms with Crippen LogP contribution in [0.2, 0.25) is 0 Å². The van der Waals surface area contributed by atoms with Crippen molar-refractivity contribution < 1.29 is 9.90 Å². The first kappa shape index (κ1) is 13.1. The Labute approximate surface area is 69.6 Å². The van der Waals surface area contributed by atoms with E-state index in [-0.39, 0.29) is 0 Å². The smallest absolute Gasteiger partial charge is 0.303 e. The van der Waals surface area contributed by atoms with Gasteiger partial charge in [0.2, 0.25) is 0 Å². The van der Waals surface area contributed by atoms with Gasteiger partial charge in [-0.2, -0.15) is 0 Å². The van der Waals surface area contributed by atoms with Crippen LogP contribution in [-0.2, 0) is 4.79 Å². The molecule has 0 saturated carbocycles. The molecule has 0 aliphatic rings. The predicted molar refractivity (Wildman–Crippen MR) is 47.4 cm³/mol. The molecule has 0 unspecified atom stereocenters. The Kier molecular flexibility index (Phi) is 14.5. The lowest BCUT2D eigenvalue weighted by Gasteiger charge is -1.92. The van der Waals surface area contributed by atoms with E-state index >= 15 is 0 Å². The minimum atomic E-state index is -0.675. The summed E-state index contributed by atoms with van der Waals surface area (Å²) in [6.07, 6.45) is 4.55. The second-order valence-corrected chi connectivity index (χ2v) is 2.20. The number of hydrogen-bond donors (Lipinski definition) is 1. The molecule has 67 valence electrons. The van der Waals surface area contributed by atoms with Crippen LogP contribution in [0.15, 0.2) is 0 Å². The molecule has 2 nitrogen and oxygen atoms in total. The van der Waals surface area contributed by atoms with Gasteiger partial charge in [-0.15, -0.1) is 0 Å². The SMILES string of the molecule is CCCCCCC(=O)O.[CH2]C. The second kappa shape index (κ2) is 12.2. The van der Waals surface area contributed by atoms with Gasteiger partial charge < -0.3 is 5.11 Å². The van der Waals surface area contributed by atoms with Crippen LogP contribution in [0.3, 0.4) is 0 Å². The molecule has 0 rings (SSSR count). The summed E-state index contributed by atoms with van der Waals surface area (Å²) in [5.74, 6) is -0.675. The van der Waals surface area contributed by atoms with Gasteiger partial charge in [0.1, 0.15) is 0 Å². The van der Waals surface area contributed by atoms with Crippen molar-refractivity contribution in [3.8, 4) is 0 Å². The van der Waals surface area contributed by atoms with Gasteiger partial charge >= 0.3 is 5.97 Å². The van der Waals surface area contributed by atoms with E-state index in [1.165, 1.54) is 6.42 Å². The maximum absolute atomic E-state index is 9.96. The van der Waals surface area contributed by atoms with E-state index in [4.69, 9.17) is 5.11 Å². The molecule has 0 bridgehead atoms. The van der Waals surface area contributed by atoms with Gasteiger partial charge in [0.25, 0.3) is 0 Å². The molecule has 0 aromatic carbocycles. The molecule has 1 N–H and O–H groups in total. The predicted octanol–water partition coefficient (Wildman–Crippen LogP) is 2.88. The van der Waals surface area contributed by atoms with Crippen molar-refractivity contribution in [2.75, 3.05) is 0 Å². The maximum atomic E-state index is 9.96. The number of carboxylic acids is 1. The van der Waals surface area contributed by atoms with Crippen molar-refractivity contribution in [1.82, 2.24) is 0 Å². The van der Waals surface area contributed by atoms with E-state index in [1.54, 1.807) is 6.92 Å². The van der Waals surface area contributed by atoms with Crippen LogP contribution >= 0.6 is 0 Å². The van der Waals surface area contributed by atoms with E-state index in [0.29, 0.717) is 6.42 Å². The Bertz CT molecular complexity index is 79.6. The zero-order chi connectivity index (χ0) is 9.11. The van der Waals surface area contributed by atoms with Crippen LogP contribution in [0.4, 0.5) is 0 Å². The van der Waals surface area contributed by atoms with Gasteiger partial charge in [-0.3, -0.25) is 4.79 Å². The molecule has 0 aromatic rings. The van der Waals surface area contributed by atoms with Crippen LogP contribution in [-0.4, -0.2) is 11.1 Å². The van der Waals surface area contributed by atoms with Crippen LogP contribution in [0.1, 0.15) is 46.0 Å². The average molecular weight is 159 g/mol. The Morgan fingerprint density at radius 2 is 1.82 bits per heavy atom. The average Bonchev–Trinajstić information content (AvgIpc) is 2.02. The summed E-state index contributed by atoms with van der Waals surface area (Å²) in [5, 5.41) is 8.21. The van der Waals surface area contributed by atoms with Gasteiger partial charge in [0, 0.05) is 6.42 Å². The molecule has 0 amide bonds. The number of unbranched alkanes of at least 4 members (excludes halogenated alkanes) is 3. The monoisotopic (exact) mass is 159 g/mol. The van der Waals surface area contributed by atoms with Crippen molar-refractivity contribution in [3.63, 3.8) is 0 Å². The molecule has 0 fully saturated rings. The van der Waals surface area contributed by atoms with E-state index in [9.17, 15) is 4.79 Å². The van der Waals surface area contributed by atoms with Crippen LogP contribution in [0, 0.1) is 6.92 Å². The lowest BCUT2D eigenvalue weighted by molar-refractivity contribution is -0.137. The first-order valence-corrected chi connectivity index (χ1v) is 4.20. The standard InChI is InChI=1S/C7H14O2.C2H5/c1-2-3-4-5-6-7(8)9;1-2/h2-6H2,1H3,(H,8,9);1H2,2H3. The highest BCUT2D eigenvalue weighted by Crippen LogP contribution is 2.01. The number of aliphatic carboxylic acids is 1. The van der Waals surface area contributed by atoms with Gasteiger partial charge in [-0.05, 0) is 6.42 Å². The summed E-state index contributed by atoms with van der Waals surface area (Å²) in [7, 11) is 0. The number of hydrogen-bond acceptors (Lipinski definition) is 1. The summed E-state index contributed by atoms with van der Waals surface area (Å²) in [6.45, 7) is 7.11. The Morgan fingerprint density at radius 1 is 1.27 bits per heavy atom. The van der Waals surface area contributed by atoms with Crippen molar-refractivity contribution in [3.05, 3.63) is 6.92 Å². The zero-order valence-corrected chi connectivity index (χ0v) is 7.60. The molecule has 0 spiro atoms. The van der Waals surface area contributed by atoms with Gasteiger partial charge in [0.05, 0.1) is 0 Å².